The predicted molar refractivity (Wildman–Crippen MR) is 145 cm³/mol. The van der Waals surface area contributed by atoms with Crippen molar-refractivity contribution in [2.75, 3.05) is 18.5 Å². The van der Waals surface area contributed by atoms with Gasteiger partial charge in [0.15, 0.2) is 0 Å². The van der Waals surface area contributed by atoms with Crippen LogP contribution in [0, 0.1) is 11.2 Å². The molecule has 208 valence electrons. The van der Waals surface area contributed by atoms with Crippen molar-refractivity contribution in [2.24, 2.45) is 5.41 Å². The van der Waals surface area contributed by atoms with Gasteiger partial charge in [0.1, 0.15) is 11.6 Å². The summed E-state index contributed by atoms with van der Waals surface area (Å²) < 4.78 is 53.9. The van der Waals surface area contributed by atoms with E-state index in [9.17, 15) is 27.2 Å². The largest absolute Gasteiger partial charge is 0.389 e. The lowest BCUT2D eigenvalue weighted by atomic mass is 9.96. The molecule has 0 bridgehead atoms. The van der Waals surface area contributed by atoms with Gasteiger partial charge in [0, 0.05) is 47.9 Å². The average molecular weight is 584 g/mol. The highest BCUT2D eigenvalue weighted by Crippen LogP contribution is 2.34. The van der Waals surface area contributed by atoms with Crippen LogP contribution in [-0.4, -0.2) is 36.6 Å². The number of amides is 2. The van der Waals surface area contributed by atoms with Gasteiger partial charge in [-0.1, -0.05) is 50.0 Å². The number of carbonyl (C=O) groups is 2. The molecular formula is C28H27Cl2F4N3O2. The maximum Gasteiger partial charge on any atom is 0.389 e. The van der Waals surface area contributed by atoms with Crippen LogP contribution in [0.25, 0.3) is 11.1 Å². The summed E-state index contributed by atoms with van der Waals surface area (Å²) in [5.41, 5.74) is 0.530. The Bertz CT molecular complexity index is 1370. The first-order valence-electron chi connectivity index (χ1n) is 11.9. The maximum atomic E-state index is 14.4. The standard InChI is InChI=1S/C28H27Cl2F4N3O2/c1-27(2,3)15-36-25(38)17-8-9-20(29)19(13-17)18-12-16(10-11-28(32,33)34)24(35-14-18)37(4)26(39)23-21(30)6-5-7-22(23)31/h5-9,12-14H,10-11,15H2,1-4H3,(H,36,38). The van der Waals surface area contributed by atoms with E-state index in [2.05, 4.69) is 10.3 Å². The third-order valence-corrected chi connectivity index (χ3v) is 6.38. The molecule has 11 heteroatoms. The van der Waals surface area contributed by atoms with Crippen molar-refractivity contribution in [1.29, 1.82) is 0 Å². The van der Waals surface area contributed by atoms with Gasteiger partial charge in [0.25, 0.3) is 11.8 Å². The number of hydrogen-bond donors (Lipinski definition) is 1. The van der Waals surface area contributed by atoms with Gasteiger partial charge in [-0.05, 0) is 53.8 Å². The highest BCUT2D eigenvalue weighted by atomic mass is 35.5. The molecule has 0 spiro atoms. The Labute approximate surface area is 234 Å². The Hall–Kier alpha value is -3.17. The van der Waals surface area contributed by atoms with Crippen LogP contribution in [0.3, 0.4) is 0 Å². The lowest BCUT2D eigenvalue weighted by Gasteiger charge is -2.22. The molecule has 0 saturated heterocycles. The number of aryl methyl sites for hydroxylation is 1. The normalized spacial score (nSPS) is 11.8. The van der Waals surface area contributed by atoms with E-state index in [-0.39, 0.29) is 32.7 Å². The predicted octanol–water partition coefficient (Wildman–Crippen LogP) is 7.74. The molecule has 0 fully saturated rings. The molecule has 0 aliphatic rings. The number of hydrogen-bond acceptors (Lipinski definition) is 3. The molecule has 0 aliphatic carbocycles. The summed E-state index contributed by atoms with van der Waals surface area (Å²) >= 11 is 12.4. The van der Waals surface area contributed by atoms with Crippen molar-refractivity contribution in [3.05, 3.63) is 81.2 Å². The van der Waals surface area contributed by atoms with E-state index in [0.29, 0.717) is 23.2 Å². The van der Waals surface area contributed by atoms with E-state index in [1.165, 1.54) is 43.6 Å². The summed E-state index contributed by atoms with van der Waals surface area (Å²) in [6, 6.07) is 9.73. The second-order valence-corrected chi connectivity index (χ2v) is 11.0. The molecule has 0 atom stereocenters. The van der Waals surface area contributed by atoms with E-state index in [4.69, 9.17) is 23.2 Å². The van der Waals surface area contributed by atoms with Gasteiger partial charge in [-0.15, -0.1) is 0 Å². The average Bonchev–Trinajstić information content (AvgIpc) is 2.84. The summed E-state index contributed by atoms with van der Waals surface area (Å²) in [7, 11) is 1.28. The fourth-order valence-corrected chi connectivity index (χ4v) is 4.18. The van der Waals surface area contributed by atoms with Gasteiger partial charge in [-0.25, -0.2) is 9.37 Å². The van der Waals surface area contributed by atoms with Crippen molar-refractivity contribution >= 4 is 40.8 Å². The van der Waals surface area contributed by atoms with Gasteiger partial charge >= 0.3 is 6.18 Å². The zero-order valence-corrected chi connectivity index (χ0v) is 23.2. The van der Waals surface area contributed by atoms with Crippen molar-refractivity contribution in [1.82, 2.24) is 10.3 Å². The lowest BCUT2D eigenvalue weighted by molar-refractivity contribution is -0.133. The van der Waals surface area contributed by atoms with Crippen molar-refractivity contribution in [2.45, 2.75) is 39.8 Å². The molecule has 0 aliphatic heterocycles. The second kappa shape index (κ2) is 11.9. The van der Waals surface area contributed by atoms with Crippen LogP contribution in [0.15, 0.2) is 48.7 Å². The van der Waals surface area contributed by atoms with Crippen molar-refractivity contribution < 1.29 is 27.2 Å². The van der Waals surface area contributed by atoms with Crippen LogP contribution < -0.4 is 10.2 Å². The highest BCUT2D eigenvalue weighted by molar-refractivity contribution is 6.34. The zero-order chi connectivity index (χ0) is 29.1. The number of nitrogens with zero attached hydrogens (tertiary/aromatic N) is 2. The summed E-state index contributed by atoms with van der Waals surface area (Å²) in [6.07, 6.45) is -4.84. The number of nitrogens with one attached hydrogen (secondary N) is 1. The first kappa shape index (κ1) is 30.4. The van der Waals surface area contributed by atoms with Crippen LogP contribution in [0.1, 0.15) is 53.5 Å². The molecule has 0 saturated carbocycles. The molecule has 0 radical (unpaired) electrons. The van der Waals surface area contributed by atoms with Gasteiger partial charge < -0.3 is 5.32 Å². The fraction of sp³-hybridized carbons (Fsp3) is 0.321. The number of pyridine rings is 1. The molecule has 2 aromatic carbocycles. The molecular weight excluding hydrogens is 557 g/mol. The SMILES string of the molecule is CN(C(=O)c1c(F)cccc1Cl)c1ncc(-c2cc(C(=O)NCC(C)(C)C)ccc2Cl)cc1CCC(F)(F)F. The van der Waals surface area contributed by atoms with E-state index < -0.39 is 36.3 Å². The van der Waals surface area contributed by atoms with Crippen LogP contribution in [0.4, 0.5) is 23.4 Å². The summed E-state index contributed by atoms with van der Waals surface area (Å²) in [5, 5.41) is 2.94. The number of anilines is 1. The molecule has 39 heavy (non-hydrogen) atoms. The monoisotopic (exact) mass is 583 g/mol. The van der Waals surface area contributed by atoms with Gasteiger partial charge in [-0.2, -0.15) is 13.2 Å². The summed E-state index contributed by atoms with van der Waals surface area (Å²) in [4.78, 5) is 31.0. The molecule has 1 heterocycles. The smallest absolute Gasteiger partial charge is 0.352 e. The number of rotatable bonds is 7. The third kappa shape index (κ3) is 7.92. The van der Waals surface area contributed by atoms with Crippen LogP contribution in [-0.2, 0) is 6.42 Å². The number of halogens is 6. The van der Waals surface area contributed by atoms with Gasteiger partial charge in [0.05, 0.1) is 10.6 Å². The fourth-order valence-electron chi connectivity index (χ4n) is 3.71. The maximum absolute atomic E-state index is 14.4. The first-order chi connectivity index (χ1) is 18.1. The van der Waals surface area contributed by atoms with Gasteiger partial charge in [0.2, 0.25) is 0 Å². The number of aromatic nitrogens is 1. The van der Waals surface area contributed by atoms with E-state index in [0.717, 1.165) is 11.0 Å². The third-order valence-electron chi connectivity index (χ3n) is 5.74. The van der Waals surface area contributed by atoms with Gasteiger partial charge in [-0.3, -0.25) is 14.5 Å². The molecule has 1 N–H and O–H groups in total. The van der Waals surface area contributed by atoms with Crippen LogP contribution >= 0.6 is 23.2 Å². The minimum atomic E-state index is -4.48. The second-order valence-electron chi connectivity index (χ2n) is 10.2. The van der Waals surface area contributed by atoms with E-state index in [1.807, 2.05) is 20.8 Å². The zero-order valence-electron chi connectivity index (χ0n) is 21.7. The first-order valence-corrected chi connectivity index (χ1v) is 12.7. The Morgan fingerprint density at radius 2 is 1.72 bits per heavy atom. The molecule has 3 aromatic rings. The van der Waals surface area contributed by atoms with E-state index in [1.54, 1.807) is 6.07 Å². The van der Waals surface area contributed by atoms with Crippen LogP contribution in [0.5, 0.6) is 0 Å². The Kier molecular flexibility index (Phi) is 9.28. The molecule has 1 aromatic heterocycles. The summed E-state index contributed by atoms with van der Waals surface area (Å²) in [5.74, 6) is -2.18. The number of benzene rings is 2. The summed E-state index contributed by atoms with van der Waals surface area (Å²) in [6.45, 7) is 6.34. The Morgan fingerprint density at radius 3 is 2.33 bits per heavy atom. The Balaban J connectivity index is 2.03. The van der Waals surface area contributed by atoms with Crippen molar-refractivity contribution in [3.8, 4) is 11.1 Å². The molecule has 0 unspecified atom stereocenters. The topological polar surface area (TPSA) is 62.3 Å². The minimum absolute atomic E-state index is 0.0757. The number of alkyl halides is 3. The Morgan fingerprint density at radius 1 is 1.03 bits per heavy atom. The minimum Gasteiger partial charge on any atom is -0.352 e. The van der Waals surface area contributed by atoms with Crippen LogP contribution in [0.2, 0.25) is 10.0 Å². The van der Waals surface area contributed by atoms with Crippen molar-refractivity contribution in [3.63, 3.8) is 0 Å². The quantitative estimate of drug-likeness (QED) is 0.289. The van der Waals surface area contributed by atoms with E-state index >= 15 is 0 Å². The molecule has 5 nitrogen and oxygen atoms in total. The number of carbonyl (C=O) groups excluding carboxylic acids is 2. The highest BCUT2D eigenvalue weighted by Gasteiger charge is 2.29. The molecule has 3 rings (SSSR count). The lowest BCUT2D eigenvalue weighted by Crippen LogP contribution is -2.32. The molecule has 2 amide bonds.